The van der Waals surface area contributed by atoms with Crippen molar-refractivity contribution in [1.29, 1.82) is 0 Å². The van der Waals surface area contributed by atoms with E-state index in [1.807, 2.05) is 24.3 Å². The summed E-state index contributed by atoms with van der Waals surface area (Å²) in [6.45, 7) is 0. The Morgan fingerprint density at radius 3 is 2.41 bits per heavy atom. The van der Waals surface area contributed by atoms with Crippen molar-refractivity contribution in [2.24, 2.45) is 0 Å². The highest BCUT2D eigenvalue weighted by Gasteiger charge is 2.22. The molecule has 0 saturated carbocycles. The van der Waals surface area contributed by atoms with Crippen molar-refractivity contribution in [3.63, 3.8) is 0 Å². The van der Waals surface area contributed by atoms with Gasteiger partial charge in [-0.15, -0.1) is 0 Å². The largest absolute Gasteiger partial charge is 0.450 e. The molecule has 110 valence electrons. The SMILES string of the molecule is O=C(CBr)Nc1c(C(=O)c2ccccc2)oc2ccccc12. The van der Waals surface area contributed by atoms with Crippen LogP contribution in [-0.4, -0.2) is 17.0 Å². The van der Waals surface area contributed by atoms with Crippen LogP contribution in [0.25, 0.3) is 11.0 Å². The number of hydrogen-bond donors (Lipinski definition) is 1. The van der Waals surface area contributed by atoms with Crippen LogP contribution in [0.2, 0.25) is 0 Å². The molecule has 0 aliphatic carbocycles. The molecule has 22 heavy (non-hydrogen) atoms. The van der Waals surface area contributed by atoms with E-state index in [0.717, 1.165) is 0 Å². The number of halogens is 1. The Hall–Kier alpha value is -2.40. The fraction of sp³-hybridized carbons (Fsp3) is 0.0588. The number of alkyl halides is 1. The van der Waals surface area contributed by atoms with Crippen LogP contribution < -0.4 is 5.32 Å². The summed E-state index contributed by atoms with van der Waals surface area (Å²) >= 11 is 3.10. The molecule has 0 fully saturated rings. The molecule has 4 nitrogen and oxygen atoms in total. The third-order valence-electron chi connectivity index (χ3n) is 3.22. The van der Waals surface area contributed by atoms with Crippen LogP contribution in [0.3, 0.4) is 0 Å². The Balaban J connectivity index is 2.14. The second kappa shape index (κ2) is 6.15. The number of ketones is 1. The Bertz CT molecular complexity index is 839. The Labute approximate surface area is 135 Å². The summed E-state index contributed by atoms with van der Waals surface area (Å²) in [5.74, 6) is -0.364. The third kappa shape index (κ3) is 2.67. The first-order valence-corrected chi connectivity index (χ1v) is 7.80. The molecule has 2 aromatic carbocycles. The smallest absolute Gasteiger partial charge is 0.235 e. The topological polar surface area (TPSA) is 59.3 Å². The molecule has 1 amide bonds. The molecule has 5 heteroatoms. The number of carbonyl (C=O) groups excluding carboxylic acids is 2. The molecule has 0 bridgehead atoms. The summed E-state index contributed by atoms with van der Waals surface area (Å²) in [7, 11) is 0. The lowest BCUT2D eigenvalue weighted by molar-refractivity contribution is -0.113. The van der Waals surface area contributed by atoms with Gasteiger partial charge in [0.15, 0.2) is 5.76 Å². The van der Waals surface area contributed by atoms with Gasteiger partial charge in [-0.1, -0.05) is 58.4 Å². The van der Waals surface area contributed by atoms with Crippen LogP contribution in [0, 0.1) is 0 Å². The zero-order valence-electron chi connectivity index (χ0n) is 11.5. The number of amides is 1. The normalized spacial score (nSPS) is 10.6. The summed E-state index contributed by atoms with van der Waals surface area (Å²) in [6.07, 6.45) is 0. The van der Waals surface area contributed by atoms with Crippen LogP contribution >= 0.6 is 15.9 Å². The van der Waals surface area contributed by atoms with Crippen molar-refractivity contribution in [2.45, 2.75) is 0 Å². The number of nitrogens with one attached hydrogen (secondary N) is 1. The molecule has 0 aliphatic rings. The Kier molecular flexibility index (Phi) is 4.06. The molecule has 1 N–H and O–H groups in total. The molecule has 0 aliphatic heterocycles. The summed E-state index contributed by atoms with van der Waals surface area (Å²) in [5.41, 5.74) is 1.48. The van der Waals surface area contributed by atoms with Crippen LogP contribution in [-0.2, 0) is 4.79 Å². The van der Waals surface area contributed by atoms with Gasteiger partial charge in [-0.2, -0.15) is 0 Å². The molecule has 3 rings (SSSR count). The van der Waals surface area contributed by atoms with Crippen molar-refractivity contribution < 1.29 is 14.0 Å². The van der Waals surface area contributed by atoms with Gasteiger partial charge in [0.25, 0.3) is 0 Å². The molecule has 0 unspecified atom stereocenters. The van der Waals surface area contributed by atoms with Crippen molar-refractivity contribution in [1.82, 2.24) is 0 Å². The van der Waals surface area contributed by atoms with Gasteiger partial charge in [-0.25, -0.2) is 0 Å². The predicted molar refractivity (Wildman–Crippen MR) is 88.5 cm³/mol. The summed E-state index contributed by atoms with van der Waals surface area (Å²) in [4.78, 5) is 24.4. The second-order valence-electron chi connectivity index (χ2n) is 4.68. The first-order chi connectivity index (χ1) is 10.7. The van der Waals surface area contributed by atoms with Gasteiger partial charge in [0.05, 0.1) is 11.0 Å². The average molecular weight is 358 g/mol. The highest BCUT2D eigenvalue weighted by molar-refractivity contribution is 9.09. The minimum atomic E-state index is -0.262. The maximum atomic E-state index is 12.6. The van der Waals surface area contributed by atoms with Crippen LogP contribution in [0.15, 0.2) is 59.0 Å². The summed E-state index contributed by atoms with van der Waals surface area (Å²) in [6, 6.07) is 16.1. The standard InChI is InChI=1S/C17H12BrNO3/c18-10-14(20)19-15-12-8-4-5-9-13(12)22-17(15)16(21)11-6-2-1-3-7-11/h1-9H,10H2,(H,19,20). The second-order valence-corrected chi connectivity index (χ2v) is 5.24. The number of hydrogen-bond acceptors (Lipinski definition) is 3. The monoisotopic (exact) mass is 357 g/mol. The van der Waals surface area contributed by atoms with Crippen molar-refractivity contribution in [3.8, 4) is 0 Å². The lowest BCUT2D eigenvalue weighted by Gasteiger charge is -2.04. The van der Waals surface area contributed by atoms with Gasteiger partial charge < -0.3 is 9.73 Å². The van der Waals surface area contributed by atoms with E-state index in [9.17, 15) is 9.59 Å². The zero-order valence-corrected chi connectivity index (χ0v) is 13.1. The maximum absolute atomic E-state index is 12.6. The average Bonchev–Trinajstić information content (AvgIpc) is 2.93. The van der Waals surface area contributed by atoms with E-state index < -0.39 is 0 Å². The molecule has 1 heterocycles. The van der Waals surface area contributed by atoms with Crippen LogP contribution in [0.4, 0.5) is 5.69 Å². The Morgan fingerprint density at radius 2 is 1.68 bits per heavy atom. The summed E-state index contributed by atoms with van der Waals surface area (Å²) < 4.78 is 5.68. The van der Waals surface area contributed by atoms with Gasteiger partial charge in [-0.3, -0.25) is 9.59 Å². The minimum Gasteiger partial charge on any atom is -0.450 e. The highest BCUT2D eigenvalue weighted by atomic mass is 79.9. The fourth-order valence-electron chi connectivity index (χ4n) is 2.22. The molecule has 3 aromatic rings. The summed E-state index contributed by atoms with van der Waals surface area (Å²) in [5, 5.41) is 3.58. The number of carbonyl (C=O) groups is 2. The van der Waals surface area contributed by atoms with Crippen molar-refractivity contribution in [3.05, 3.63) is 65.9 Å². The number of benzene rings is 2. The van der Waals surface area contributed by atoms with Gasteiger partial charge in [0.1, 0.15) is 5.58 Å². The van der Waals surface area contributed by atoms with E-state index in [0.29, 0.717) is 22.2 Å². The number of furan rings is 1. The van der Waals surface area contributed by atoms with Crippen LogP contribution in [0.5, 0.6) is 0 Å². The molecule has 0 radical (unpaired) electrons. The molecule has 0 spiro atoms. The number of anilines is 1. The Morgan fingerprint density at radius 1 is 1.00 bits per heavy atom. The maximum Gasteiger partial charge on any atom is 0.235 e. The van der Waals surface area contributed by atoms with E-state index in [4.69, 9.17) is 4.42 Å². The minimum absolute atomic E-state index is 0.140. The van der Waals surface area contributed by atoms with E-state index in [1.165, 1.54) is 0 Å². The number of rotatable bonds is 4. The van der Waals surface area contributed by atoms with Gasteiger partial charge >= 0.3 is 0 Å². The molecule has 0 atom stereocenters. The van der Waals surface area contributed by atoms with Crippen molar-refractivity contribution >= 4 is 44.3 Å². The molecule has 0 saturated heterocycles. The third-order valence-corrected chi connectivity index (χ3v) is 3.73. The predicted octanol–water partition coefficient (Wildman–Crippen LogP) is 4.00. The van der Waals surface area contributed by atoms with Crippen molar-refractivity contribution in [2.75, 3.05) is 10.6 Å². The molecular formula is C17H12BrNO3. The van der Waals surface area contributed by atoms with E-state index in [-0.39, 0.29) is 22.8 Å². The fourth-order valence-corrected chi connectivity index (χ4v) is 2.36. The van der Waals surface area contributed by atoms with Gasteiger partial charge in [0.2, 0.25) is 11.7 Å². The zero-order chi connectivity index (χ0) is 15.5. The van der Waals surface area contributed by atoms with E-state index in [1.54, 1.807) is 30.3 Å². The van der Waals surface area contributed by atoms with Gasteiger partial charge in [-0.05, 0) is 12.1 Å². The highest BCUT2D eigenvalue weighted by Crippen LogP contribution is 2.32. The lowest BCUT2D eigenvalue weighted by Crippen LogP contribution is -2.14. The van der Waals surface area contributed by atoms with Crippen LogP contribution in [0.1, 0.15) is 16.1 Å². The lowest BCUT2D eigenvalue weighted by atomic mass is 10.1. The van der Waals surface area contributed by atoms with Gasteiger partial charge in [0, 0.05) is 10.9 Å². The first kappa shape index (κ1) is 14.5. The first-order valence-electron chi connectivity index (χ1n) is 6.68. The number of fused-ring (bicyclic) bond motifs is 1. The van der Waals surface area contributed by atoms with E-state index >= 15 is 0 Å². The molecule has 1 aromatic heterocycles. The molecular weight excluding hydrogens is 346 g/mol. The number of para-hydroxylation sites is 1. The van der Waals surface area contributed by atoms with E-state index in [2.05, 4.69) is 21.2 Å². The quantitative estimate of drug-likeness (QED) is 0.567.